The van der Waals surface area contributed by atoms with Crippen molar-refractivity contribution in [2.45, 2.75) is 12.8 Å². The summed E-state index contributed by atoms with van der Waals surface area (Å²) in [6.45, 7) is 1.50. The van der Waals surface area contributed by atoms with Gasteiger partial charge in [-0.05, 0) is 31.0 Å². The molecule has 0 spiro atoms. The first-order chi connectivity index (χ1) is 8.79. The number of likely N-dealkylation sites (tertiary alicyclic amines) is 1. The van der Waals surface area contributed by atoms with Crippen molar-refractivity contribution in [3.8, 4) is 11.8 Å². The zero-order chi connectivity index (χ0) is 12.8. The minimum absolute atomic E-state index is 0.0558. The molecule has 0 aliphatic carbocycles. The summed E-state index contributed by atoms with van der Waals surface area (Å²) in [5.41, 5.74) is 1.51. The molecule has 1 aliphatic rings. The van der Waals surface area contributed by atoms with Crippen molar-refractivity contribution in [2.24, 2.45) is 0 Å². The minimum atomic E-state index is -0.162. The third-order valence-corrected chi connectivity index (χ3v) is 2.82. The van der Waals surface area contributed by atoms with E-state index in [4.69, 9.17) is 5.11 Å². The van der Waals surface area contributed by atoms with Crippen LogP contribution in [-0.2, 0) is 0 Å². The second-order valence-corrected chi connectivity index (χ2v) is 4.17. The van der Waals surface area contributed by atoms with Crippen molar-refractivity contribution in [2.75, 3.05) is 25.0 Å². The zero-order valence-electron chi connectivity index (χ0n) is 10.1. The number of benzene rings is 1. The van der Waals surface area contributed by atoms with Crippen molar-refractivity contribution >= 4 is 11.7 Å². The average Bonchev–Trinajstić information content (AvgIpc) is 2.91. The fourth-order valence-corrected chi connectivity index (χ4v) is 1.94. The molecule has 0 aromatic heterocycles. The maximum atomic E-state index is 11.9. The van der Waals surface area contributed by atoms with E-state index < -0.39 is 0 Å². The Kier molecular flexibility index (Phi) is 4.21. The van der Waals surface area contributed by atoms with E-state index in [-0.39, 0.29) is 12.6 Å². The lowest BCUT2D eigenvalue weighted by atomic mass is 10.2. The van der Waals surface area contributed by atoms with Gasteiger partial charge in [-0.1, -0.05) is 17.9 Å². The number of aliphatic hydroxyl groups is 1. The highest BCUT2D eigenvalue weighted by molar-refractivity contribution is 5.89. The van der Waals surface area contributed by atoms with E-state index in [2.05, 4.69) is 17.2 Å². The van der Waals surface area contributed by atoms with Crippen LogP contribution in [0.2, 0.25) is 0 Å². The van der Waals surface area contributed by atoms with Gasteiger partial charge in [0.1, 0.15) is 6.61 Å². The van der Waals surface area contributed by atoms with Gasteiger partial charge in [0.25, 0.3) is 0 Å². The van der Waals surface area contributed by atoms with Crippen molar-refractivity contribution < 1.29 is 9.90 Å². The van der Waals surface area contributed by atoms with E-state index in [1.807, 2.05) is 23.1 Å². The van der Waals surface area contributed by atoms with Crippen molar-refractivity contribution in [3.63, 3.8) is 0 Å². The van der Waals surface area contributed by atoms with Crippen LogP contribution in [0.25, 0.3) is 0 Å². The molecule has 1 fully saturated rings. The molecule has 4 nitrogen and oxygen atoms in total. The summed E-state index contributed by atoms with van der Waals surface area (Å²) in [5, 5.41) is 11.5. The van der Waals surface area contributed by atoms with Crippen molar-refractivity contribution in [1.29, 1.82) is 0 Å². The molecule has 0 saturated carbocycles. The molecule has 2 amide bonds. The second kappa shape index (κ2) is 6.08. The largest absolute Gasteiger partial charge is 0.384 e. The van der Waals surface area contributed by atoms with Crippen LogP contribution in [0.15, 0.2) is 24.3 Å². The second-order valence-electron chi connectivity index (χ2n) is 4.17. The molecule has 0 radical (unpaired) electrons. The third-order valence-electron chi connectivity index (χ3n) is 2.82. The number of hydrogen-bond acceptors (Lipinski definition) is 2. The van der Waals surface area contributed by atoms with E-state index in [0.717, 1.165) is 37.2 Å². The Bertz CT molecular complexity index is 482. The lowest BCUT2D eigenvalue weighted by molar-refractivity contribution is 0.222. The van der Waals surface area contributed by atoms with Crippen LogP contribution in [0, 0.1) is 11.8 Å². The first-order valence-electron chi connectivity index (χ1n) is 6.05. The fraction of sp³-hybridized carbons (Fsp3) is 0.357. The maximum Gasteiger partial charge on any atom is 0.321 e. The quantitative estimate of drug-likeness (QED) is 0.738. The molecule has 0 atom stereocenters. The number of amides is 2. The lowest BCUT2D eigenvalue weighted by Gasteiger charge is -2.16. The normalized spacial score (nSPS) is 13.9. The Morgan fingerprint density at radius 3 is 2.89 bits per heavy atom. The number of nitrogens with zero attached hydrogens (tertiary/aromatic N) is 1. The van der Waals surface area contributed by atoms with Crippen LogP contribution in [0.4, 0.5) is 10.5 Å². The van der Waals surface area contributed by atoms with Gasteiger partial charge in [0, 0.05) is 24.3 Å². The molecule has 2 rings (SSSR count). The summed E-state index contributed by atoms with van der Waals surface area (Å²) in [5.74, 6) is 5.40. The number of urea groups is 1. The number of hydrogen-bond donors (Lipinski definition) is 2. The van der Waals surface area contributed by atoms with E-state index in [9.17, 15) is 4.79 Å². The molecule has 1 saturated heterocycles. The van der Waals surface area contributed by atoms with Gasteiger partial charge < -0.3 is 15.3 Å². The molecular weight excluding hydrogens is 228 g/mol. The monoisotopic (exact) mass is 244 g/mol. The van der Waals surface area contributed by atoms with Gasteiger partial charge in [-0.25, -0.2) is 4.79 Å². The highest BCUT2D eigenvalue weighted by Crippen LogP contribution is 2.13. The summed E-state index contributed by atoms with van der Waals surface area (Å²) in [7, 11) is 0. The molecule has 0 unspecified atom stereocenters. The Hall–Kier alpha value is -1.99. The molecule has 1 heterocycles. The van der Waals surface area contributed by atoms with Gasteiger partial charge in [-0.3, -0.25) is 0 Å². The number of rotatable bonds is 1. The molecule has 2 N–H and O–H groups in total. The van der Waals surface area contributed by atoms with Gasteiger partial charge in [-0.2, -0.15) is 0 Å². The summed E-state index contributed by atoms with van der Waals surface area (Å²) in [6.07, 6.45) is 2.16. The molecular formula is C14H16N2O2. The Balaban J connectivity index is 2.02. The molecule has 1 aromatic rings. The first kappa shape index (κ1) is 12.5. The smallest absolute Gasteiger partial charge is 0.321 e. The van der Waals surface area contributed by atoms with Gasteiger partial charge in [-0.15, -0.1) is 0 Å². The van der Waals surface area contributed by atoms with E-state index in [0.29, 0.717) is 0 Å². The minimum Gasteiger partial charge on any atom is -0.384 e. The predicted octanol–water partition coefficient (Wildman–Crippen LogP) is 1.66. The highest BCUT2D eigenvalue weighted by atomic mass is 16.2. The molecule has 94 valence electrons. The Labute approximate surface area is 107 Å². The van der Waals surface area contributed by atoms with Gasteiger partial charge in [0.2, 0.25) is 0 Å². The van der Waals surface area contributed by atoms with Crippen LogP contribution in [0.3, 0.4) is 0 Å². The van der Waals surface area contributed by atoms with Gasteiger partial charge >= 0.3 is 6.03 Å². The average molecular weight is 244 g/mol. The van der Waals surface area contributed by atoms with Crippen LogP contribution in [0.1, 0.15) is 18.4 Å². The highest BCUT2D eigenvalue weighted by Gasteiger charge is 2.17. The number of carbonyl (C=O) groups is 1. The predicted molar refractivity (Wildman–Crippen MR) is 70.2 cm³/mol. The maximum absolute atomic E-state index is 11.9. The van der Waals surface area contributed by atoms with Crippen molar-refractivity contribution in [1.82, 2.24) is 4.90 Å². The summed E-state index contributed by atoms with van der Waals surface area (Å²) >= 11 is 0. The fourth-order valence-electron chi connectivity index (χ4n) is 1.94. The van der Waals surface area contributed by atoms with Crippen LogP contribution in [-0.4, -0.2) is 35.7 Å². The van der Waals surface area contributed by atoms with E-state index in [1.165, 1.54) is 0 Å². The van der Waals surface area contributed by atoms with Crippen LogP contribution >= 0.6 is 0 Å². The molecule has 18 heavy (non-hydrogen) atoms. The van der Waals surface area contributed by atoms with Gasteiger partial charge in [0.15, 0.2) is 0 Å². The summed E-state index contributed by atoms with van der Waals surface area (Å²) < 4.78 is 0. The summed E-state index contributed by atoms with van der Waals surface area (Å²) in [6, 6.07) is 7.25. The molecule has 4 heteroatoms. The molecule has 1 aromatic carbocycles. The van der Waals surface area contributed by atoms with Gasteiger partial charge in [0.05, 0.1) is 0 Å². The number of carbonyl (C=O) groups excluding carboxylic acids is 1. The number of anilines is 1. The standard InChI is InChI=1S/C14H16N2O2/c17-10-4-6-12-5-3-7-13(11-12)15-14(18)16-8-1-2-9-16/h3,5,7,11,17H,1-2,8-10H2,(H,15,18). The number of aliphatic hydroxyl groups excluding tert-OH is 1. The topological polar surface area (TPSA) is 52.6 Å². The Morgan fingerprint density at radius 1 is 1.39 bits per heavy atom. The van der Waals surface area contributed by atoms with Crippen LogP contribution < -0.4 is 5.32 Å². The van der Waals surface area contributed by atoms with Crippen LogP contribution in [0.5, 0.6) is 0 Å². The third kappa shape index (κ3) is 3.25. The first-order valence-corrected chi connectivity index (χ1v) is 6.05. The summed E-state index contributed by atoms with van der Waals surface area (Å²) in [4.78, 5) is 13.7. The molecule has 0 bridgehead atoms. The molecule has 1 aliphatic heterocycles. The lowest BCUT2D eigenvalue weighted by Crippen LogP contribution is -2.32. The SMILES string of the molecule is O=C(Nc1cccc(C#CCO)c1)N1CCCC1. The van der Waals surface area contributed by atoms with E-state index >= 15 is 0 Å². The number of nitrogens with one attached hydrogen (secondary N) is 1. The van der Waals surface area contributed by atoms with Crippen molar-refractivity contribution in [3.05, 3.63) is 29.8 Å². The Morgan fingerprint density at radius 2 is 2.17 bits per heavy atom. The zero-order valence-corrected chi connectivity index (χ0v) is 10.1. The van der Waals surface area contributed by atoms with E-state index in [1.54, 1.807) is 6.07 Å².